The molecule has 4 heteroatoms. The number of benzene rings is 2. The number of carbonyl (C=O) groups is 1. The van der Waals surface area contributed by atoms with E-state index in [0.717, 1.165) is 24.9 Å². The maximum absolute atomic E-state index is 12.5. The molecule has 0 bridgehead atoms. The van der Waals surface area contributed by atoms with E-state index in [-0.39, 0.29) is 5.91 Å². The number of halogens is 1. The van der Waals surface area contributed by atoms with E-state index >= 15 is 0 Å². The highest BCUT2D eigenvalue weighted by atomic mass is 35.5. The van der Waals surface area contributed by atoms with Crippen molar-refractivity contribution < 1.29 is 4.79 Å². The van der Waals surface area contributed by atoms with Crippen molar-refractivity contribution >= 4 is 34.1 Å². The zero-order chi connectivity index (χ0) is 17.6. The molecule has 1 heterocycles. The quantitative estimate of drug-likeness (QED) is 0.552. The van der Waals surface area contributed by atoms with Crippen molar-refractivity contribution in [1.82, 2.24) is 4.98 Å². The van der Waals surface area contributed by atoms with Crippen molar-refractivity contribution in [2.45, 2.75) is 32.6 Å². The van der Waals surface area contributed by atoms with Gasteiger partial charge in [-0.05, 0) is 62.1 Å². The first-order valence-corrected chi connectivity index (χ1v) is 9.17. The average molecular weight is 355 g/mol. The van der Waals surface area contributed by atoms with Crippen LogP contribution in [-0.4, -0.2) is 17.4 Å². The van der Waals surface area contributed by atoms with Gasteiger partial charge in [-0.15, -0.1) is 0 Å². The van der Waals surface area contributed by atoms with Gasteiger partial charge in [0.1, 0.15) is 0 Å². The largest absolute Gasteiger partial charge is 0.361 e. The number of unbranched alkanes of at least 4 members (excludes halogenated alkanes) is 1. The van der Waals surface area contributed by atoms with Crippen LogP contribution in [0.4, 0.5) is 5.69 Å². The van der Waals surface area contributed by atoms with Crippen LogP contribution in [0.5, 0.6) is 0 Å². The molecule has 0 aliphatic carbocycles. The van der Waals surface area contributed by atoms with Gasteiger partial charge in [0, 0.05) is 40.8 Å². The van der Waals surface area contributed by atoms with E-state index < -0.39 is 0 Å². The van der Waals surface area contributed by atoms with E-state index in [4.69, 9.17) is 11.6 Å². The number of para-hydroxylation sites is 1. The number of aromatic amines is 1. The molecular formula is C21H23ClN2O. The van der Waals surface area contributed by atoms with E-state index in [1.54, 1.807) is 0 Å². The Morgan fingerprint density at radius 1 is 1.08 bits per heavy atom. The summed E-state index contributed by atoms with van der Waals surface area (Å²) in [6, 6.07) is 15.8. The molecule has 0 radical (unpaired) electrons. The summed E-state index contributed by atoms with van der Waals surface area (Å²) in [4.78, 5) is 17.6. The van der Waals surface area contributed by atoms with Crippen LogP contribution in [-0.2, 0) is 11.2 Å². The summed E-state index contributed by atoms with van der Waals surface area (Å²) in [7, 11) is 0. The van der Waals surface area contributed by atoms with Gasteiger partial charge in [0.05, 0.1) is 0 Å². The third-order valence-corrected chi connectivity index (χ3v) is 4.77. The van der Waals surface area contributed by atoms with Crippen molar-refractivity contribution in [2.75, 3.05) is 11.4 Å². The number of rotatable bonds is 7. The molecule has 2 aromatic carbocycles. The molecule has 0 saturated carbocycles. The molecule has 1 amide bonds. The lowest BCUT2D eigenvalue weighted by atomic mass is 10.1. The summed E-state index contributed by atoms with van der Waals surface area (Å²) in [5.74, 6) is 0.170. The van der Waals surface area contributed by atoms with Gasteiger partial charge in [-0.3, -0.25) is 4.79 Å². The Bertz CT molecular complexity index is 838. The Kier molecular flexibility index (Phi) is 5.77. The number of aryl methyl sites for hydroxylation is 1. The number of hydrogen-bond donors (Lipinski definition) is 1. The summed E-state index contributed by atoms with van der Waals surface area (Å²) in [5.41, 5.74) is 3.41. The van der Waals surface area contributed by atoms with Crippen LogP contribution in [0.15, 0.2) is 54.7 Å². The van der Waals surface area contributed by atoms with Gasteiger partial charge in [-0.1, -0.05) is 29.8 Å². The topological polar surface area (TPSA) is 36.1 Å². The van der Waals surface area contributed by atoms with Crippen LogP contribution in [0.1, 0.15) is 31.7 Å². The van der Waals surface area contributed by atoms with Gasteiger partial charge in [-0.25, -0.2) is 0 Å². The average Bonchev–Trinajstić information content (AvgIpc) is 3.04. The lowest BCUT2D eigenvalue weighted by Gasteiger charge is -2.21. The molecule has 25 heavy (non-hydrogen) atoms. The summed E-state index contributed by atoms with van der Waals surface area (Å²) in [5, 5.41) is 1.97. The van der Waals surface area contributed by atoms with Gasteiger partial charge in [0.2, 0.25) is 5.91 Å². The summed E-state index contributed by atoms with van der Waals surface area (Å²) in [6.45, 7) is 2.67. The summed E-state index contributed by atoms with van der Waals surface area (Å²) >= 11 is 5.93. The number of nitrogens with one attached hydrogen (secondary N) is 1. The monoisotopic (exact) mass is 354 g/mol. The number of H-pyrrole nitrogens is 1. The number of nitrogens with zero attached hydrogens (tertiary/aromatic N) is 1. The second-order valence-electron chi connectivity index (χ2n) is 6.18. The Morgan fingerprint density at radius 2 is 1.84 bits per heavy atom. The van der Waals surface area contributed by atoms with Crippen LogP contribution in [0.3, 0.4) is 0 Å². The first-order chi connectivity index (χ1) is 12.2. The SMILES string of the molecule is CCN(C(=O)CCCCc1c[nH]c2ccccc12)c1ccc(Cl)cc1. The standard InChI is InChI=1S/C21H23ClN2O/c1-2-24(18-13-11-17(22)12-14-18)21(25)10-6-3-7-16-15-23-20-9-5-4-8-19(16)20/h4-5,8-9,11-15,23H,2-3,6-7,10H2,1H3. The van der Waals surface area contributed by atoms with Crippen molar-refractivity contribution in [3.05, 3.63) is 65.3 Å². The Balaban J connectivity index is 1.52. The van der Waals surface area contributed by atoms with E-state index in [9.17, 15) is 4.79 Å². The number of aromatic nitrogens is 1. The Morgan fingerprint density at radius 3 is 2.60 bits per heavy atom. The molecule has 0 aliphatic rings. The van der Waals surface area contributed by atoms with E-state index in [1.807, 2.05) is 42.2 Å². The molecule has 3 nitrogen and oxygen atoms in total. The molecule has 0 unspecified atom stereocenters. The fraction of sp³-hybridized carbons (Fsp3) is 0.286. The van der Waals surface area contributed by atoms with Crippen LogP contribution in [0.25, 0.3) is 10.9 Å². The Hall–Kier alpha value is -2.26. The minimum Gasteiger partial charge on any atom is -0.361 e. The molecule has 0 atom stereocenters. The predicted octanol–water partition coefficient (Wildman–Crippen LogP) is 5.59. The zero-order valence-corrected chi connectivity index (χ0v) is 15.2. The van der Waals surface area contributed by atoms with Crippen LogP contribution >= 0.6 is 11.6 Å². The van der Waals surface area contributed by atoms with Crippen molar-refractivity contribution in [3.63, 3.8) is 0 Å². The number of hydrogen-bond acceptors (Lipinski definition) is 1. The predicted molar refractivity (Wildman–Crippen MR) is 105 cm³/mol. The van der Waals surface area contributed by atoms with E-state index in [2.05, 4.69) is 29.4 Å². The van der Waals surface area contributed by atoms with Gasteiger partial charge in [0.15, 0.2) is 0 Å². The zero-order valence-electron chi connectivity index (χ0n) is 14.5. The van der Waals surface area contributed by atoms with Crippen LogP contribution in [0, 0.1) is 0 Å². The molecule has 0 saturated heterocycles. The van der Waals surface area contributed by atoms with E-state index in [0.29, 0.717) is 18.0 Å². The Labute approximate surface area is 153 Å². The lowest BCUT2D eigenvalue weighted by Crippen LogP contribution is -2.30. The first-order valence-electron chi connectivity index (χ1n) is 8.80. The minimum absolute atomic E-state index is 0.170. The molecule has 3 rings (SSSR count). The molecule has 3 aromatic rings. The summed E-state index contributed by atoms with van der Waals surface area (Å²) < 4.78 is 0. The van der Waals surface area contributed by atoms with Crippen LogP contribution in [0.2, 0.25) is 5.02 Å². The number of amides is 1. The maximum atomic E-state index is 12.5. The molecule has 0 fully saturated rings. The molecule has 0 spiro atoms. The molecule has 1 aromatic heterocycles. The molecule has 130 valence electrons. The van der Waals surface area contributed by atoms with E-state index in [1.165, 1.54) is 16.5 Å². The second kappa shape index (κ2) is 8.21. The molecular weight excluding hydrogens is 332 g/mol. The third kappa shape index (κ3) is 4.23. The number of fused-ring (bicyclic) bond motifs is 1. The van der Waals surface area contributed by atoms with Crippen molar-refractivity contribution in [3.8, 4) is 0 Å². The third-order valence-electron chi connectivity index (χ3n) is 4.52. The fourth-order valence-corrected chi connectivity index (χ4v) is 3.32. The lowest BCUT2D eigenvalue weighted by molar-refractivity contribution is -0.118. The summed E-state index contributed by atoms with van der Waals surface area (Å²) in [6.07, 6.45) is 5.54. The van der Waals surface area contributed by atoms with Gasteiger partial charge in [0.25, 0.3) is 0 Å². The second-order valence-corrected chi connectivity index (χ2v) is 6.62. The molecule has 0 aliphatic heterocycles. The van der Waals surface area contributed by atoms with Crippen molar-refractivity contribution in [2.24, 2.45) is 0 Å². The smallest absolute Gasteiger partial charge is 0.226 e. The first kappa shape index (κ1) is 17.6. The van der Waals surface area contributed by atoms with Gasteiger partial charge < -0.3 is 9.88 Å². The highest BCUT2D eigenvalue weighted by molar-refractivity contribution is 6.30. The highest BCUT2D eigenvalue weighted by Crippen LogP contribution is 2.21. The molecule has 1 N–H and O–H groups in total. The minimum atomic E-state index is 0.170. The van der Waals surface area contributed by atoms with Crippen molar-refractivity contribution in [1.29, 1.82) is 0 Å². The highest BCUT2D eigenvalue weighted by Gasteiger charge is 2.13. The van der Waals surface area contributed by atoms with Crippen LogP contribution < -0.4 is 4.90 Å². The number of carbonyl (C=O) groups excluding carboxylic acids is 1. The normalized spacial score (nSPS) is 11.0. The van der Waals surface area contributed by atoms with Gasteiger partial charge in [-0.2, -0.15) is 0 Å². The fourth-order valence-electron chi connectivity index (χ4n) is 3.19. The maximum Gasteiger partial charge on any atom is 0.226 e. The number of anilines is 1. The van der Waals surface area contributed by atoms with Gasteiger partial charge >= 0.3 is 0 Å².